The Morgan fingerprint density at radius 1 is 1.35 bits per heavy atom. The van der Waals surface area contributed by atoms with E-state index in [0.29, 0.717) is 6.54 Å². The zero-order valence-electron chi connectivity index (χ0n) is 12.1. The zero-order chi connectivity index (χ0) is 13.8. The molecule has 1 aromatic heterocycles. The number of nitrogens with zero attached hydrogens (tertiary/aromatic N) is 2. The van der Waals surface area contributed by atoms with E-state index in [1.807, 2.05) is 17.5 Å². The lowest BCUT2D eigenvalue weighted by atomic mass is 9.86. The first-order valence-electron chi connectivity index (χ1n) is 7.87. The highest BCUT2D eigenvalue weighted by molar-refractivity contribution is 7.11. The summed E-state index contributed by atoms with van der Waals surface area (Å²) in [5, 5.41) is 14.7. The molecule has 0 aromatic carbocycles. The lowest BCUT2D eigenvalue weighted by molar-refractivity contribution is 0.123. The average Bonchev–Trinajstić information content (AvgIpc) is 2.99. The quantitative estimate of drug-likeness (QED) is 0.807. The summed E-state index contributed by atoms with van der Waals surface area (Å²) in [6.07, 6.45) is 8.30. The van der Waals surface area contributed by atoms with Crippen LogP contribution >= 0.6 is 11.3 Å². The van der Waals surface area contributed by atoms with Crippen molar-refractivity contribution in [2.75, 3.05) is 26.2 Å². The maximum absolute atomic E-state index is 10.0. The fourth-order valence-corrected chi connectivity index (χ4v) is 3.99. The molecule has 0 bridgehead atoms. The highest BCUT2D eigenvalue weighted by Gasteiger charge is 2.22. The van der Waals surface area contributed by atoms with Crippen molar-refractivity contribution in [3.8, 4) is 0 Å². The molecule has 1 atom stereocenters. The zero-order valence-corrected chi connectivity index (χ0v) is 12.9. The molecule has 1 saturated carbocycles. The van der Waals surface area contributed by atoms with E-state index in [0.717, 1.165) is 32.1 Å². The largest absolute Gasteiger partial charge is 0.390 e. The van der Waals surface area contributed by atoms with Crippen LogP contribution in [0.3, 0.4) is 0 Å². The molecular weight excluding hydrogens is 270 g/mol. The summed E-state index contributed by atoms with van der Waals surface area (Å²) in [4.78, 5) is 8.17. The topological polar surface area (TPSA) is 48.4 Å². The Morgan fingerprint density at radius 3 is 2.85 bits per heavy atom. The van der Waals surface area contributed by atoms with Crippen LogP contribution in [-0.4, -0.2) is 47.3 Å². The number of aliphatic hydroxyl groups is 1. The number of aromatic nitrogens is 1. The van der Waals surface area contributed by atoms with Gasteiger partial charge in [0.25, 0.3) is 0 Å². The van der Waals surface area contributed by atoms with Gasteiger partial charge in [0.1, 0.15) is 0 Å². The molecule has 1 aromatic rings. The lowest BCUT2D eigenvalue weighted by Crippen LogP contribution is -2.36. The molecule has 1 aliphatic heterocycles. The molecule has 20 heavy (non-hydrogen) atoms. The predicted molar refractivity (Wildman–Crippen MR) is 82.1 cm³/mol. The van der Waals surface area contributed by atoms with Crippen molar-refractivity contribution in [1.82, 2.24) is 15.2 Å². The molecule has 1 saturated heterocycles. The first kappa shape index (κ1) is 14.4. The molecule has 0 amide bonds. The number of rotatable bonds is 7. The van der Waals surface area contributed by atoms with Gasteiger partial charge in [-0.05, 0) is 38.8 Å². The number of β-amino-alcohol motifs (C(OH)–C–C–N with tert-alkyl or cyclic N) is 1. The number of hydrogen-bond donors (Lipinski definition) is 2. The second kappa shape index (κ2) is 6.98. The molecule has 112 valence electrons. The minimum absolute atomic E-state index is 0.257. The van der Waals surface area contributed by atoms with Crippen molar-refractivity contribution in [3.05, 3.63) is 16.1 Å². The maximum atomic E-state index is 10.0. The molecular formula is C15H25N3OS. The first-order chi connectivity index (χ1) is 9.81. The van der Waals surface area contributed by atoms with Gasteiger partial charge in [0, 0.05) is 36.6 Å². The van der Waals surface area contributed by atoms with Crippen LogP contribution in [0.25, 0.3) is 0 Å². The Bertz CT molecular complexity index is 413. The van der Waals surface area contributed by atoms with Crippen molar-refractivity contribution in [1.29, 1.82) is 0 Å². The van der Waals surface area contributed by atoms with E-state index in [1.165, 1.54) is 42.0 Å². The third-order valence-electron chi connectivity index (χ3n) is 4.37. The normalized spacial score (nSPS) is 22.1. The molecule has 2 N–H and O–H groups in total. The Labute approximate surface area is 125 Å². The molecule has 5 heteroatoms. The Morgan fingerprint density at radius 2 is 2.15 bits per heavy atom. The molecule has 0 spiro atoms. The molecule has 2 fully saturated rings. The Balaban J connectivity index is 1.35. The third kappa shape index (κ3) is 3.79. The Hall–Kier alpha value is -0.490. The number of thiazole rings is 1. The van der Waals surface area contributed by atoms with Gasteiger partial charge in [-0.25, -0.2) is 4.98 Å². The van der Waals surface area contributed by atoms with Gasteiger partial charge in [-0.1, -0.05) is 6.42 Å². The van der Waals surface area contributed by atoms with Crippen molar-refractivity contribution >= 4 is 11.3 Å². The van der Waals surface area contributed by atoms with Crippen LogP contribution in [0.15, 0.2) is 6.20 Å². The van der Waals surface area contributed by atoms with Gasteiger partial charge < -0.3 is 15.3 Å². The van der Waals surface area contributed by atoms with E-state index in [1.54, 1.807) is 0 Å². The summed E-state index contributed by atoms with van der Waals surface area (Å²) >= 11 is 1.84. The van der Waals surface area contributed by atoms with Crippen LogP contribution in [0.5, 0.6) is 0 Å². The monoisotopic (exact) mass is 295 g/mol. The van der Waals surface area contributed by atoms with Gasteiger partial charge in [0.2, 0.25) is 0 Å². The molecule has 3 rings (SSSR count). The molecule has 2 heterocycles. The second-order valence-electron chi connectivity index (χ2n) is 6.09. The lowest BCUT2D eigenvalue weighted by Gasteiger charge is -2.22. The molecule has 1 aliphatic carbocycles. The first-order valence-corrected chi connectivity index (χ1v) is 8.68. The number of hydrogen-bond acceptors (Lipinski definition) is 5. The van der Waals surface area contributed by atoms with Gasteiger partial charge in [0.15, 0.2) is 0 Å². The summed E-state index contributed by atoms with van der Waals surface area (Å²) in [6.45, 7) is 4.62. The summed E-state index contributed by atoms with van der Waals surface area (Å²) in [5.74, 6) is 0.731. The van der Waals surface area contributed by atoms with E-state index >= 15 is 0 Å². The van der Waals surface area contributed by atoms with Crippen molar-refractivity contribution in [2.24, 2.45) is 0 Å². The SMILES string of the molecule is O[C@H](CNCc1cnc(C2CCC2)s1)CN1CCCC1. The van der Waals surface area contributed by atoms with Gasteiger partial charge in [0.05, 0.1) is 11.1 Å². The molecule has 0 unspecified atom stereocenters. The van der Waals surface area contributed by atoms with Gasteiger partial charge in [-0.2, -0.15) is 0 Å². The fraction of sp³-hybridized carbons (Fsp3) is 0.800. The van der Waals surface area contributed by atoms with Crippen LogP contribution in [0, 0.1) is 0 Å². The maximum Gasteiger partial charge on any atom is 0.0959 e. The average molecular weight is 295 g/mol. The van der Waals surface area contributed by atoms with Gasteiger partial charge in [-0.3, -0.25) is 0 Å². The standard InChI is InChI=1S/C15H25N3OS/c19-13(11-18-6-1-2-7-18)8-16-9-14-10-17-15(20-14)12-4-3-5-12/h10,12-13,16,19H,1-9,11H2/t13-/m1/s1. The van der Waals surface area contributed by atoms with Crippen LogP contribution in [0.4, 0.5) is 0 Å². The number of nitrogens with one attached hydrogen (secondary N) is 1. The van der Waals surface area contributed by atoms with Gasteiger partial charge in [-0.15, -0.1) is 11.3 Å². The fourth-order valence-electron chi connectivity index (χ4n) is 2.94. The summed E-state index contributed by atoms with van der Waals surface area (Å²) < 4.78 is 0. The summed E-state index contributed by atoms with van der Waals surface area (Å²) in [6, 6.07) is 0. The minimum Gasteiger partial charge on any atom is -0.390 e. The van der Waals surface area contributed by atoms with Gasteiger partial charge >= 0.3 is 0 Å². The van der Waals surface area contributed by atoms with E-state index < -0.39 is 0 Å². The second-order valence-corrected chi connectivity index (χ2v) is 7.23. The van der Waals surface area contributed by atoms with Crippen molar-refractivity contribution < 1.29 is 5.11 Å². The summed E-state index contributed by atoms with van der Waals surface area (Å²) in [5.41, 5.74) is 0. The third-order valence-corrected chi connectivity index (χ3v) is 5.53. The number of likely N-dealkylation sites (tertiary alicyclic amines) is 1. The van der Waals surface area contributed by atoms with E-state index in [9.17, 15) is 5.11 Å². The van der Waals surface area contributed by atoms with Crippen LogP contribution in [-0.2, 0) is 6.54 Å². The van der Waals surface area contributed by atoms with Crippen molar-refractivity contribution in [2.45, 2.75) is 50.7 Å². The smallest absolute Gasteiger partial charge is 0.0959 e. The van der Waals surface area contributed by atoms with E-state index in [4.69, 9.17) is 0 Å². The number of aliphatic hydroxyl groups excluding tert-OH is 1. The van der Waals surface area contributed by atoms with E-state index in [-0.39, 0.29) is 6.10 Å². The van der Waals surface area contributed by atoms with Crippen LogP contribution in [0.1, 0.15) is 47.9 Å². The van der Waals surface area contributed by atoms with Crippen molar-refractivity contribution in [3.63, 3.8) is 0 Å². The van der Waals surface area contributed by atoms with Crippen LogP contribution in [0.2, 0.25) is 0 Å². The molecule has 0 radical (unpaired) electrons. The minimum atomic E-state index is -0.257. The highest BCUT2D eigenvalue weighted by Crippen LogP contribution is 2.38. The van der Waals surface area contributed by atoms with Crippen LogP contribution < -0.4 is 5.32 Å². The predicted octanol–water partition coefficient (Wildman–Crippen LogP) is 1.96. The van der Waals surface area contributed by atoms with E-state index in [2.05, 4.69) is 15.2 Å². The molecule has 2 aliphatic rings. The molecule has 4 nitrogen and oxygen atoms in total. The highest BCUT2D eigenvalue weighted by atomic mass is 32.1. The Kier molecular flexibility index (Phi) is 5.04. The summed E-state index contributed by atoms with van der Waals surface area (Å²) in [7, 11) is 0.